The van der Waals surface area contributed by atoms with Crippen molar-refractivity contribution in [3.05, 3.63) is 34.3 Å². The van der Waals surface area contributed by atoms with Gasteiger partial charge in [0.15, 0.2) is 0 Å². The molecule has 0 bridgehead atoms. The van der Waals surface area contributed by atoms with E-state index >= 15 is 0 Å². The van der Waals surface area contributed by atoms with Gasteiger partial charge in [0, 0.05) is 10.6 Å². The summed E-state index contributed by atoms with van der Waals surface area (Å²) in [6.45, 7) is 3.51. The Bertz CT molecular complexity index is 563. The molecule has 1 aromatic carbocycles. The molecule has 3 nitrogen and oxygen atoms in total. The fraction of sp³-hybridized carbons (Fsp3) is 0.308. The number of carbonyl (C=O) groups excluding carboxylic acids is 1. The zero-order chi connectivity index (χ0) is 13.6. The highest BCUT2D eigenvalue weighted by Gasteiger charge is 2.46. The first-order valence-electron chi connectivity index (χ1n) is 5.27. The van der Waals surface area contributed by atoms with Gasteiger partial charge in [0.2, 0.25) is 0 Å². The van der Waals surface area contributed by atoms with Crippen LogP contribution >= 0.6 is 23.2 Å². The minimum absolute atomic E-state index is 0.384. The summed E-state index contributed by atoms with van der Waals surface area (Å²) in [7, 11) is 0. The lowest BCUT2D eigenvalue weighted by Gasteiger charge is -2.30. The fourth-order valence-electron chi connectivity index (χ4n) is 1.73. The van der Waals surface area contributed by atoms with Gasteiger partial charge in [-0.2, -0.15) is 0 Å². The van der Waals surface area contributed by atoms with Crippen LogP contribution < -0.4 is 5.32 Å². The smallest absolute Gasteiger partial charge is 0.341 e. The van der Waals surface area contributed by atoms with E-state index in [1.807, 2.05) is 0 Å². The zero-order valence-electron chi connectivity index (χ0n) is 9.88. The Labute approximate surface area is 115 Å². The van der Waals surface area contributed by atoms with Crippen LogP contribution in [0.2, 0.25) is 5.02 Å². The molecule has 2 rings (SSSR count). The highest BCUT2D eigenvalue weighted by molar-refractivity contribution is 6.31. The van der Waals surface area contributed by atoms with Gasteiger partial charge in [-0.3, -0.25) is 0 Å². The lowest BCUT2D eigenvalue weighted by atomic mass is 10.0. The summed E-state index contributed by atoms with van der Waals surface area (Å²) in [5, 5.41) is 1.91. The standard InChI is InChI=1S/C13H11Cl2NO2/c1-4-12(2,3)16-13(15)10-7-8(14)5-6-9(10)11(17)18-13/h1,5-7,16H,2-3H3. The molecule has 0 radical (unpaired) electrons. The number of nitrogens with one attached hydrogen (secondary N) is 1. The minimum Gasteiger partial charge on any atom is -0.421 e. The molecule has 0 aromatic heterocycles. The van der Waals surface area contributed by atoms with Crippen LogP contribution in [0.3, 0.4) is 0 Å². The van der Waals surface area contributed by atoms with Gasteiger partial charge >= 0.3 is 5.97 Å². The summed E-state index contributed by atoms with van der Waals surface area (Å²) in [5.41, 5.74) is 0.131. The summed E-state index contributed by atoms with van der Waals surface area (Å²) >= 11 is 12.2. The molecule has 1 aliphatic heterocycles. The van der Waals surface area contributed by atoms with Crippen molar-refractivity contribution in [1.29, 1.82) is 0 Å². The lowest BCUT2D eigenvalue weighted by Crippen LogP contribution is -2.49. The largest absolute Gasteiger partial charge is 0.421 e. The lowest BCUT2D eigenvalue weighted by molar-refractivity contribution is 0.00838. The van der Waals surface area contributed by atoms with Gasteiger partial charge in [-0.1, -0.05) is 29.1 Å². The minimum atomic E-state index is -1.48. The average molecular weight is 284 g/mol. The molecule has 0 saturated carbocycles. The normalized spacial score (nSPS) is 22.3. The molecule has 1 unspecified atom stereocenters. The molecule has 0 amide bonds. The van der Waals surface area contributed by atoms with Crippen molar-refractivity contribution >= 4 is 29.2 Å². The molecule has 1 aliphatic rings. The highest BCUT2D eigenvalue weighted by atomic mass is 35.5. The maximum atomic E-state index is 11.7. The first-order chi connectivity index (χ1) is 8.27. The van der Waals surface area contributed by atoms with Crippen molar-refractivity contribution in [2.24, 2.45) is 0 Å². The van der Waals surface area contributed by atoms with Gasteiger partial charge in [-0.25, -0.2) is 10.1 Å². The van der Waals surface area contributed by atoms with Gasteiger partial charge < -0.3 is 4.74 Å². The summed E-state index contributed by atoms with van der Waals surface area (Å²) in [5.74, 6) is 2.03. The average Bonchev–Trinajstić information content (AvgIpc) is 2.50. The Kier molecular flexibility index (Phi) is 3.06. The van der Waals surface area contributed by atoms with Crippen LogP contribution in [-0.4, -0.2) is 11.5 Å². The molecule has 1 atom stereocenters. The molecule has 1 heterocycles. The predicted octanol–water partition coefficient (Wildman–Crippen LogP) is 2.86. The van der Waals surface area contributed by atoms with Crippen LogP contribution in [0.1, 0.15) is 29.8 Å². The summed E-state index contributed by atoms with van der Waals surface area (Å²) in [6, 6.07) is 4.78. The summed E-state index contributed by atoms with van der Waals surface area (Å²) in [6.07, 6.45) is 5.39. The molecule has 0 fully saturated rings. The third kappa shape index (κ3) is 2.20. The van der Waals surface area contributed by atoms with Crippen molar-refractivity contribution in [3.63, 3.8) is 0 Å². The number of esters is 1. The molecular weight excluding hydrogens is 273 g/mol. The SMILES string of the molecule is C#CC(C)(C)NC1(Cl)OC(=O)c2ccc(Cl)cc21. The van der Waals surface area contributed by atoms with Crippen LogP contribution in [-0.2, 0) is 9.92 Å². The second kappa shape index (κ2) is 4.17. The predicted molar refractivity (Wildman–Crippen MR) is 70.4 cm³/mol. The van der Waals surface area contributed by atoms with E-state index in [0.29, 0.717) is 16.1 Å². The second-order valence-electron chi connectivity index (χ2n) is 4.57. The number of alkyl halides is 1. The fourth-order valence-corrected chi connectivity index (χ4v) is 2.36. The molecule has 0 aliphatic carbocycles. The quantitative estimate of drug-likeness (QED) is 0.393. The number of cyclic esters (lactones) is 1. The van der Waals surface area contributed by atoms with E-state index in [9.17, 15) is 4.79 Å². The summed E-state index contributed by atoms with van der Waals surface area (Å²) in [4.78, 5) is 11.7. The zero-order valence-corrected chi connectivity index (χ0v) is 11.4. The van der Waals surface area contributed by atoms with E-state index < -0.39 is 16.7 Å². The molecule has 1 aromatic rings. The number of hydrogen-bond acceptors (Lipinski definition) is 3. The van der Waals surface area contributed by atoms with E-state index in [1.165, 1.54) is 0 Å². The van der Waals surface area contributed by atoms with Crippen molar-refractivity contribution < 1.29 is 9.53 Å². The number of carbonyl (C=O) groups is 1. The van der Waals surface area contributed by atoms with Gasteiger partial charge in [-0.15, -0.1) is 6.42 Å². The first-order valence-corrected chi connectivity index (χ1v) is 6.02. The maximum absolute atomic E-state index is 11.7. The molecule has 5 heteroatoms. The number of benzene rings is 1. The third-order valence-corrected chi connectivity index (χ3v) is 3.23. The number of rotatable bonds is 2. The monoisotopic (exact) mass is 283 g/mol. The Hall–Kier alpha value is -1.21. The van der Waals surface area contributed by atoms with Crippen LogP contribution in [0.15, 0.2) is 18.2 Å². The van der Waals surface area contributed by atoms with Gasteiger partial charge in [0.25, 0.3) is 5.18 Å². The van der Waals surface area contributed by atoms with Gasteiger partial charge in [-0.05, 0) is 32.0 Å². The van der Waals surface area contributed by atoms with Crippen LogP contribution in [0.4, 0.5) is 0 Å². The molecule has 18 heavy (non-hydrogen) atoms. The molecule has 1 N–H and O–H groups in total. The molecule has 0 saturated heterocycles. The van der Waals surface area contributed by atoms with Gasteiger partial charge in [0.05, 0.1) is 11.1 Å². The van der Waals surface area contributed by atoms with Crippen molar-refractivity contribution in [2.75, 3.05) is 0 Å². The highest BCUT2D eigenvalue weighted by Crippen LogP contribution is 2.40. The van der Waals surface area contributed by atoms with Crippen molar-refractivity contribution in [2.45, 2.75) is 24.6 Å². The van der Waals surface area contributed by atoms with Crippen LogP contribution in [0.5, 0.6) is 0 Å². The van der Waals surface area contributed by atoms with Crippen LogP contribution in [0.25, 0.3) is 0 Å². The van der Waals surface area contributed by atoms with Crippen molar-refractivity contribution in [1.82, 2.24) is 5.32 Å². The number of halogens is 2. The Morgan fingerprint density at radius 1 is 1.50 bits per heavy atom. The molecule has 94 valence electrons. The first kappa shape index (κ1) is 13.2. The number of ether oxygens (including phenoxy) is 1. The second-order valence-corrected chi connectivity index (χ2v) is 5.54. The molecule has 0 spiro atoms. The van der Waals surface area contributed by atoms with E-state index in [1.54, 1.807) is 32.0 Å². The van der Waals surface area contributed by atoms with E-state index in [-0.39, 0.29) is 0 Å². The van der Waals surface area contributed by atoms with E-state index in [0.717, 1.165) is 0 Å². The molecular formula is C13H11Cl2NO2. The van der Waals surface area contributed by atoms with E-state index in [4.69, 9.17) is 34.4 Å². The van der Waals surface area contributed by atoms with Gasteiger partial charge in [0.1, 0.15) is 0 Å². The summed E-state index contributed by atoms with van der Waals surface area (Å²) < 4.78 is 5.17. The maximum Gasteiger partial charge on any atom is 0.341 e. The Morgan fingerprint density at radius 2 is 2.17 bits per heavy atom. The number of terminal acetylenes is 1. The topological polar surface area (TPSA) is 38.3 Å². The van der Waals surface area contributed by atoms with Crippen LogP contribution in [0, 0.1) is 12.3 Å². The Balaban J connectivity index is 2.48. The number of hydrogen-bond donors (Lipinski definition) is 1. The van der Waals surface area contributed by atoms with Crippen molar-refractivity contribution in [3.8, 4) is 12.3 Å². The van der Waals surface area contributed by atoms with E-state index in [2.05, 4.69) is 11.2 Å². The number of fused-ring (bicyclic) bond motifs is 1. The third-order valence-electron chi connectivity index (χ3n) is 2.62. The Morgan fingerprint density at radius 3 is 2.78 bits per heavy atom.